The lowest BCUT2D eigenvalue weighted by molar-refractivity contribution is -0.127. The molecule has 172 valence electrons. The summed E-state index contributed by atoms with van der Waals surface area (Å²) in [7, 11) is 1.54. The number of carbonyl (C=O) groups is 3. The average molecular weight is 434 g/mol. The zero-order valence-electron chi connectivity index (χ0n) is 18.9. The van der Waals surface area contributed by atoms with Crippen LogP contribution < -0.4 is 5.32 Å². The molecule has 1 aromatic rings. The number of aromatic amines is 1. The second-order valence-corrected chi connectivity index (χ2v) is 8.69. The van der Waals surface area contributed by atoms with Crippen LogP contribution in [0.5, 0.6) is 0 Å². The van der Waals surface area contributed by atoms with Crippen molar-refractivity contribution in [2.24, 2.45) is 5.92 Å². The second-order valence-electron chi connectivity index (χ2n) is 8.69. The van der Waals surface area contributed by atoms with Crippen molar-refractivity contribution in [3.05, 3.63) is 22.5 Å². The lowest BCUT2D eigenvalue weighted by Gasteiger charge is -2.33. The number of amides is 2. The van der Waals surface area contributed by atoms with Gasteiger partial charge in [-0.25, -0.2) is 4.79 Å². The van der Waals surface area contributed by atoms with Gasteiger partial charge in [0.2, 0.25) is 5.91 Å². The quantitative estimate of drug-likeness (QED) is 0.509. The van der Waals surface area contributed by atoms with E-state index in [0.29, 0.717) is 42.2 Å². The Balaban J connectivity index is 1.64. The number of hydrogen-bond acceptors (Lipinski definition) is 5. The van der Waals surface area contributed by atoms with Crippen molar-refractivity contribution < 1.29 is 23.9 Å². The summed E-state index contributed by atoms with van der Waals surface area (Å²) in [6.07, 6.45) is 7.26. The number of esters is 1. The standard InChI is InChI=1S/C23H35N3O5/c1-15-19(23(29)31-13-12-30-3)16(2)24-20(15)22(28)26-11-7-8-17(14-26)21(27)25-18-9-5-4-6-10-18/h17-18,24H,4-14H2,1-3H3,(H,25,27). The van der Waals surface area contributed by atoms with E-state index < -0.39 is 5.97 Å². The molecule has 2 heterocycles. The summed E-state index contributed by atoms with van der Waals surface area (Å²) in [6.45, 7) is 5.00. The predicted octanol–water partition coefficient (Wildman–Crippen LogP) is 2.74. The number of aryl methyl sites for hydroxylation is 1. The molecule has 8 heteroatoms. The average Bonchev–Trinajstić information content (AvgIpc) is 3.08. The number of hydrogen-bond donors (Lipinski definition) is 2. The molecule has 2 amide bonds. The monoisotopic (exact) mass is 433 g/mol. The summed E-state index contributed by atoms with van der Waals surface area (Å²) in [5, 5.41) is 3.20. The number of ether oxygens (including phenoxy) is 2. The Labute approximate surface area is 184 Å². The minimum absolute atomic E-state index is 0.0613. The first-order valence-electron chi connectivity index (χ1n) is 11.4. The van der Waals surface area contributed by atoms with Crippen LogP contribution in [0.15, 0.2) is 0 Å². The molecular formula is C23H35N3O5. The van der Waals surface area contributed by atoms with Crippen molar-refractivity contribution in [1.82, 2.24) is 15.2 Å². The van der Waals surface area contributed by atoms with E-state index in [-0.39, 0.29) is 30.4 Å². The van der Waals surface area contributed by atoms with E-state index in [1.54, 1.807) is 25.9 Å². The lowest BCUT2D eigenvalue weighted by Crippen LogP contribution is -2.48. The fourth-order valence-electron chi connectivity index (χ4n) is 4.66. The maximum Gasteiger partial charge on any atom is 0.340 e. The Morgan fingerprint density at radius 3 is 2.52 bits per heavy atom. The lowest BCUT2D eigenvalue weighted by atomic mass is 9.93. The van der Waals surface area contributed by atoms with Gasteiger partial charge in [-0.2, -0.15) is 0 Å². The highest BCUT2D eigenvalue weighted by atomic mass is 16.6. The molecule has 2 N–H and O–H groups in total. The van der Waals surface area contributed by atoms with Gasteiger partial charge in [-0.05, 0) is 45.1 Å². The Bertz CT molecular complexity index is 797. The molecule has 0 aromatic carbocycles. The number of rotatable bonds is 7. The number of likely N-dealkylation sites (tertiary alicyclic amines) is 1. The Hall–Kier alpha value is -2.35. The molecule has 1 saturated heterocycles. The molecule has 0 bridgehead atoms. The Morgan fingerprint density at radius 1 is 1.06 bits per heavy atom. The summed E-state index contributed by atoms with van der Waals surface area (Å²) < 4.78 is 10.1. The maximum atomic E-state index is 13.2. The summed E-state index contributed by atoms with van der Waals surface area (Å²) in [4.78, 5) is 43.2. The number of nitrogens with one attached hydrogen (secondary N) is 2. The molecule has 8 nitrogen and oxygen atoms in total. The topological polar surface area (TPSA) is 101 Å². The minimum Gasteiger partial charge on any atom is -0.460 e. The molecule has 1 atom stereocenters. The van der Waals surface area contributed by atoms with Gasteiger partial charge in [0.15, 0.2) is 0 Å². The van der Waals surface area contributed by atoms with Crippen LogP contribution in [0.2, 0.25) is 0 Å². The zero-order chi connectivity index (χ0) is 22.4. The van der Waals surface area contributed by atoms with Crippen LogP contribution in [0.1, 0.15) is 77.0 Å². The van der Waals surface area contributed by atoms with Crippen molar-refractivity contribution in [2.75, 3.05) is 33.4 Å². The SMILES string of the molecule is COCCOC(=O)c1c(C)[nH]c(C(=O)N2CCCC(C(=O)NC3CCCCC3)C2)c1C. The van der Waals surface area contributed by atoms with Gasteiger partial charge in [0, 0.05) is 31.9 Å². The molecule has 3 rings (SSSR count). The van der Waals surface area contributed by atoms with Crippen LogP contribution in [0.3, 0.4) is 0 Å². The van der Waals surface area contributed by atoms with Crippen LogP contribution in [0, 0.1) is 19.8 Å². The van der Waals surface area contributed by atoms with Gasteiger partial charge in [0.05, 0.1) is 18.1 Å². The van der Waals surface area contributed by atoms with Gasteiger partial charge < -0.3 is 24.7 Å². The van der Waals surface area contributed by atoms with E-state index >= 15 is 0 Å². The summed E-state index contributed by atoms with van der Waals surface area (Å²) in [6, 6.07) is 0.271. The fraction of sp³-hybridized carbons (Fsp3) is 0.696. The molecule has 1 aromatic heterocycles. The van der Waals surface area contributed by atoms with Crippen molar-refractivity contribution in [3.63, 3.8) is 0 Å². The molecule has 1 unspecified atom stereocenters. The van der Waals surface area contributed by atoms with E-state index in [1.165, 1.54) is 19.3 Å². The van der Waals surface area contributed by atoms with Gasteiger partial charge in [0.25, 0.3) is 5.91 Å². The normalized spacial score (nSPS) is 19.8. The molecule has 0 radical (unpaired) electrons. The highest BCUT2D eigenvalue weighted by Gasteiger charge is 2.32. The number of nitrogens with zero attached hydrogens (tertiary/aromatic N) is 1. The van der Waals surface area contributed by atoms with E-state index in [1.807, 2.05) is 0 Å². The van der Waals surface area contributed by atoms with Crippen LogP contribution >= 0.6 is 0 Å². The third-order valence-corrected chi connectivity index (χ3v) is 6.41. The predicted molar refractivity (Wildman–Crippen MR) is 116 cm³/mol. The Morgan fingerprint density at radius 2 is 1.81 bits per heavy atom. The second kappa shape index (κ2) is 10.8. The number of methoxy groups -OCH3 is 1. The minimum atomic E-state index is -0.467. The summed E-state index contributed by atoms with van der Waals surface area (Å²) in [5.41, 5.74) is 1.97. The first-order chi connectivity index (χ1) is 14.9. The number of carbonyl (C=O) groups excluding carboxylic acids is 3. The first kappa shape index (κ1) is 23.3. The summed E-state index contributed by atoms with van der Waals surface area (Å²) in [5.74, 6) is -0.766. The Kier molecular flexibility index (Phi) is 8.12. The van der Waals surface area contributed by atoms with Crippen LogP contribution in [0.4, 0.5) is 0 Å². The zero-order valence-corrected chi connectivity index (χ0v) is 18.9. The van der Waals surface area contributed by atoms with E-state index in [9.17, 15) is 14.4 Å². The van der Waals surface area contributed by atoms with Crippen LogP contribution in [0.25, 0.3) is 0 Å². The third-order valence-electron chi connectivity index (χ3n) is 6.41. The molecule has 1 aliphatic heterocycles. The maximum absolute atomic E-state index is 13.2. The fourth-order valence-corrected chi connectivity index (χ4v) is 4.66. The van der Waals surface area contributed by atoms with Gasteiger partial charge in [-0.15, -0.1) is 0 Å². The highest BCUT2D eigenvalue weighted by molar-refractivity contribution is 6.00. The van der Waals surface area contributed by atoms with Crippen molar-refractivity contribution in [1.29, 1.82) is 0 Å². The van der Waals surface area contributed by atoms with Crippen molar-refractivity contribution in [3.8, 4) is 0 Å². The number of aromatic nitrogens is 1. The molecule has 2 aliphatic rings. The van der Waals surface area contributed by atoms with Crippen molar-refractivity contribution in [2.45, 2.75) is 64.8 Å². The van der Waals surface area contributed by atoms with Gasteiger partial charge in [0.1, 0.15) is 12.3 Å². The molecule has 1 aliphatic carbocycles. The van der Waals surface area contributed by atoms with Crippen LogP contribution in [-0.4, -0.2) is 67.1 Å². The van der Waals surface area contributed by atoms with Crippen molar-refractivity contribution >= 4 is 17.8 Å². The largest absolute Gasteiger partial charge is 0.460 e. The molecular weight excluding hydrogens is 398 g/mol. The highest BCUT2D eigenvalue weighted by Crippen LogP contribution is 2.24. The number of piperidine rings is 1. The molecule has 2 fully saturated rings. The smallest absolute Gasteiger partial charge is 0.340 e. The van der Waals surface area contributed by atoms with E-state index in [2.05, 4.69) is 10.3 Å². The molecule has 31 heavy (non-hydrogen) atoms. The molecule has 1 saturated carbocycles. The van der Waals surface area contributed by atoms with Gasteiger partial charge in [-0.1, -0.05) is 19.3 Å². The van der Waals surface area contributed by atoms with Gasteiger partial charge in [-0.3, -0.25) is 9.59 Å². The van der Waals surface area contributed by atoms with E-state index in [4.69, 9.17) is 9.47 Å². The number of H-pyrrole nitrogens is 1. The van der Waals surface area contributed by atoms with Crippen LogP contribution in [-0.2, 0) is 14.3 Å². The first-order valence-corrected chi connectivity index (χ1v) is 11.4. The summed E-state index contributed by atoms with van der Waals surface area (Å²) >= 11 is 0. The molecule has 0 spiro atoms. The van der Waals surface area contributed by atoms with E-state index in [0.717, 1.165) is 25.7 Å². The van der Waals surface area contributed by atoms with Gasteiger partial charge >= 0.3 is 5.97 Å². The third kappa shape index (κ3) is 5.67.